The highest BCUT2D eigenvalue weighted by molar-refractivity contribution is 4.88. The van der Waals surface area contributed by atoms with Crippen LogP contribution in [0.5, 0.6) is 0 Å². The molecule has 0 aromatic heterocycles. The highest BCUT2D eigenvalue weighted by Gasteiger charge is 2.44. The van der Waals surface area contributed by atoms with Gasteiger partial charge in [-0.3, -0.25) is 0 Å². The van der Waals surface area contributed by atoms with Gasteiger partial charge in [-0.1, -0.05) is 0 Å². The minimum absolute atomic E-state index is 0.523. The Morgan fingerprint density at radius 3 is 2.27 bits per heavy atom. The van der Waals surface area contributed by atoms with Crippen LogP contribution in [0.25, 0.3) is 0 Å². The number of aliphatic hydroxyl groups is 5. The third kappa shape index (κ3) is 2.85. The average molecular weight is 224 g/mol. The lowest BCUT2D eigenvalue weighted by Crippen LogP contribution is -2.59. The van der Waals surface area contributed by atoms with Crippen LogP contribution in [0, 0.1) is 0 Å². The zero-order chi connectivity index (χ0) is 11.6. The summed E-state index contributed by atoms with van der Waals surface area (Å²) in [4.78, 5) is 0. The highest BCUT2D eigenvalue weighted by atomic mass is 16.7. The summed E-state index contributed by atoms with van der Waals surface area (Å²) in [5, 5.41) is 45.9. The summed E-state index contributed by atoms with van der Waals surface area (Å²) in [7, 11) is 0. The van der Waals surface area contributed by atoms with Gasteiger partial charge in [-0.05, 0) is 6.92 Å². The van der Waals surface area contributed by atoms with E-state index in [1.54, 1.807) is 0 Å². The quantitative estimate of drug-likeness (QED) is 0.327. The summed E-state index contributed by atoms with van der Waals surface area (Å²) in [5.41, 5.74) is 0. The molecule has 0 spiro atoms. The normalized spacial score (nSPS) is 44.0. The van der Waals surface area contributed by atoms with Crippen LogP contribution in [0.15, 0.2) is 0 Å². The zero-order valence-corrected chi connectivity index (χ0v) is 8.22. The van der Waals surface area contributed by atoms with E-state index in [1.807, 2.05) is 0 Å². The van der Waals surface area contributed by atoms with E-state index in [4.69, 9.17) is 19.7 Å². The minimum Gasteiger partial charge on any atom is -0.394 e. The van der Waals surface area contributed by atoms with Gasteiger partial charge in [0.15, 0.2) is 12.6 Å². The summed E-state index contributed by atoms with van der Waals surface area (Å²) >= 11 is 0. The molecule has 7 heteroatoms. The predicted octanol–water partition coefficient (Wildman–Crippen LogP) is -2.86. The molecule has 0 aliphatic carbocycles. The average Bonchev–Trinajstić information content (AvgIpc) is 2.18. The van der Waals surface area contributed by atoms with Gasteiger partial charge in [-0.25, -0.2) is 0 Å². The first-order chi connectivity index (χ1) is 6.97. The van der Waals surface area contributed by atoms with Gasteiger partial charge in [0.2, 0.25) is 0 Å². The third-order valence-electron chi connectivity index (χ3n) is 2.18. The smallest absolute Gasteiger partial charge is 0.189 e. The lowest BCUT2D eigenvalue weighted by atomic mass is 9.99. The molecular weight excluding hydrogens is 208 g/mol. The summed E-state index contributed by atoms with van der Waals surface area (Å²) in [6, 6.07) is 0. The first kappa shape index (κ1) is 12.8. The SMILES string of the molecule is CC(O)OC1OC(CO)C(O)C(O)C1O. The molecule has 1 heterocycles. The molecule has 90 valence electrons. The van der Waals surface area contributed by atoms with Crippen molar-refractivity contribution >= 4 is 0 Å². The summed E-state index contributed by atoms with van der Waals surface area (Å²) in [5.74, 6) is 0. The van der Waals surface area contributed by atoms with E-state index >= 15 is 0 Å². The minimum atomic E-state index is -1.49. The van der Waals surface area contributed by atoms with Crippen molar-refractivity contribution in [3.05, 3.63) is 0 Å². The molecule has 1 rings (SSSR count). The van der Waals surface area contributed by atoms with Crippen molar-refractivity contribution in [1.29, 1.82) is 0 Å². The van der Waals surface area contributed by atoms with E-state index in [0.29, 0.717) is 0 Å². The first-order valence-electron chi connectivity index (χ1n) is 4.61. The fourth-order valence-corrected chi connectivity index (χ4v) is 1.37. The predicted molar refractivity (Wildman–Crippen MR) is 46.5 cm³/mol. The van der Waals surface area contributed by atoms with E-state index in [0.717, 1.165) is 0 Å². The number of hydrogen-bond donors (Lipinski definition) is 5. The maximum atomic E-state index is 9.42. The second kappa shape index (κ2) is 5.17. The van der Waals surface area contributed by atoms with Crippen LogP contribution in [-0.4, -0.2) is 69.1 Å². The summed E-state index contributed by atoms with van der Waals surface area (Å²) in [6.07, 6.45) is -7.87. The fraction of sp³-hybridized carbons (Fsp3) is 1.00. The Balaban J connectivity index is 2.65. The molecule has 0 aromatic carbocycles. The van der Waals surface area contributed by atoms with Gasteiger partial charge in [0.05, 0.1) is 6.61 Å². The Hall–Kier alpha value is -0.280. The Morgan fingerprint density at radius 1 is 1.20 bits per heavy atom. The van der Waals surface area contributed by atoms with Crippen LogP contribution in [0.2, 0.25) is 0 Å². The van der Waals surface area contributed by atoms with Gasteiger partial charge >= 0.3 is 0 Å². The first-order valence-corrected chi connectivity index (χ1v) is 4.61. The van der Waals surface area contributed by atoms with Crippen LogP contribution in [-0.2, 0) is 9.47 Å². The van der Waals surface area contributed by atoms with Crippen molar-refractivity contribution in [2.24, 2.45) is 0 Å². The molecule has 1 aliphatic heterocycles. The second-order valence-corrected chi connectivity index (χ2v) is 3.43. The summed E-state index contributed by atoms with van der Waals surface area (Å²) in [6.45, 7) is 0.784. The van der Waals surface area contributed by atoms with E-state index in [2.05, 4.69) is 0 Å². The molecule has 7 nitrogen and oxygen atoms in total. The Labute approximate surface area is 86.5 Å². The van der Waals surface area contributed by atoms with E-state index in [9.17, 15) is 15.3 Å². The molecule has 0 bridgehead atoms. The molecule has 0 radical (unpaired) electrons. The number of ether oxygens (including phenoxy) is 2. The lowest BCUT2D eigenvalue weighted by Gasteiger charge is -2.39. The van der Waals surface area contributed by atoms with E-state index in [1.165, 1.54) is 6.92 Å². The van der Waals surface area contributed by atoms with Crippen LogP contribution in [0.1, 0.15) is 6.92 Å². The second-order valence-electron chi connectivity index (χ2n) is 3.43. The summed E-state index contributed by atoms with van der Waals surface area (Å²) < 4.78 is 9.70. The van der Waals surface area contributed by atoms with Crippen molar-refractivity contribution in [2.45, 2.75) is 43.9 Å². The zero-order valence-electron chi connectivity index (χ0n) is 8.22. The van der Waals surface area contributed by atoms with Crippen molar-refractivity contribution in [2.75, 3.05) is 6.61 Å². The molecule has 1 aliphatic rings. The Bertz CT molecular complexity index is 195. The fourth-order valence-electron chi connectivity index (χ4n) is 1.37. The van der Waals surface area contributed by atoms with E-state index < -0.39 is 43.6 Å². The molecule has 0 saturated carbocycles. The third-order valence-corrected chi connectivity index (χ3v) is 2.18. The van der Waals surface area contributed by atoms with Gasteiger partial charge in [-0.15, -0.1) is 0 Å². The lowest BCUT2D eigenvalue weighted by molar-refractivity contribution is -0.328. The molecule has 6 unspecified atom stereocenters. The van der Waals surface area contributed by atoms with Crippen molar-refractivity contribution in [3.8, 4) is 0 Å². The van der Waals surface area contributed by atoms with Gasteiger partial charge in [0, 0.05) is 0 Å². The topological polar surface area (TPSA) is 120 Å². The van der Waals surface area contributed by atoms with Crippen molar-refractivity contribution < 1.29 is 35.0 Å². The monoisotopic (exact) mass is 224 g/mol. The molecule has 5 N–H and O–H groups in total. The number of rotatable bonds is 3. The largest absolute Gasteiger partial charge is 0.394 e. The Kier molecular flexibility index (Phi) is 4.41. The number of aliphatic hydroxyl groups excluding tert-OH is 5. The molecule has 0 aromatic rings. The highest BCUT2D eigenvalue weighted by Crippen LogP contribution is 2.22. The van der Waals surface area contributed by atoms with Gasteiger partial charge in [0.25, 0.3) is 0 Å². The van der Waals surface area contributed by atoms with E-state index in [-0.39, 0.29) is 0 Å². The maximum Gasteiger partial charge on any atom is 0.189 e. The van der Waals surface area contributed by atoms with Crippen LogP contribution in [0.4, 0.5) is 0 Å². The molecule has 0 amide bonds. The molecule has 6 atom stereocenters. The molecule has 1 fully saturated rings. The number of hydrogen-bond acceptors (Lipinski definition) is 7. The standard InChI is InChI=1S/C8H16O7/c1-3(10)14-8-7(13)6(12)5(11)4(2-9)15-8/h3-13H,2H2,1H3. The maximum absolute atomic E-state index is 9.42. The van der Waals surface area contributed by atoms with Crippen molar-refractivity contribution in [3.63, 3.8) is 0 Å². The van der Waals surface area contributed by atoms with Crippen LogP contribution < -0.4 is 0 Å². The van der Waals surface area contributed by atoms with Crippen LogP contribution >= 0.6 is 0 Å². The van der Waals surface area contributed by atoms with Crippen LogP contribution in [0.3, 0.4) is 0 Å². The van der Waals surface area contributed by atoms with Gasteiger partial charge < -0.3 is 35.0 Å². The molecular formula is C8H16O7. The van der Waals surface area contributed by atoms with Gasteiger partial charge in [-0.2, -0.15) is 0 Å². The Morgan fingerprint density at radius 2 is 1.80 bits per heavy atom. The molecule has 1 saturated heterocycles. The van der Waals surface area contributed by atoms with Crippen molar-refractivity contribution in [1.82, 2.24) is 0 Å². The molecule has 15 heavy (non-hydrogen) atoms. The van der Waals surface area contributed by atoms with Gasteiger partial charge in [0.1, 0.15) is 24.4 Å².